The van der Waals surface area contributed by atoms with E-state index in [1.54, 1.807) is 13.8 Å². The summed E-state index contributed by atoms with van der Waals surface area (Å²) >= 11 is 33.1. The van der Waals surface area contributed by atoms with E-state index in [-0.39, 0.29) is 95.1 Å². The van der Waals surface area contributed by atoms with Gasteiger partial charge in [0.15, 0.2) is 22.6 Å². The monoisotopic (exact) mass is 1980 g/mol. The number of aromatic amines is 4. The number of aryl methyl sites for hydroxylation is 4. The van der Waals surface area contributed by atoms with E-state index >= 15 is 0 Å². The Morgan fingerprint density at radius 2 is 0.704 bits per heavy atom. The average Bonchev–Trinajstić information content (AvgIpc) is 1.62. The third-order valence-electron chi connectivity index (χ3n) is 20.6. The highest BCUT2D eigenvalue weighted by atomic mass is 32.5. The van der Waals surface area contributed by atoms with Gasteiger partial charge in [-0.3, -0.25) is 66.5 Å². The van der Waals surface area contributed by atoms with Crippen LogP contribution in [0.25, 0.3) is 22.3 Å². The lowest BCUT2D eigenvalue weighted by Crippen LogP contribution is -2.33. The van der Waals surface area contributed by atoms with Crippen LogP contribution in [0, 0.1) is 27.7 Å². The molecular weight excluding hydrogens is 1900 g/mol. The summed E-state index contributed by atoms with van der Waals surface area (Å²) in [7, 11) is 1.11. The zero-order valence-electron chi connectivity index (χ0n) is 65.9. The topological polar surface area (TPSA) is 672 Å². The van der Waals surface area contributed by atoms with Crippen LogP contribution in [0.5, 0.6) is 0 Å². The number of ether oxygens (including phenoxy) is 6. The van der Waals surface area contributed by atoms with Gasteiger partial charge in [-0.1, -0.05) is 6.92 Å². The minimum absolute atomic E-state index is 0.00642. The van der Waals surface area contributed by atoms with Gasteiger partial charge < -0.3 is 129 Å². The second-order valence-electron chi connectivity index (χ2n) is 29.2. The number of imidazole rings is 2. The Hall–Kier alpha value is -5.84. The first-order valence-corrected chi connectivity index (χ1v) is 53.1. The van der Waals surface area contributed by atoms with Crippen LogP contribution in [0.2, 0.25) is 0 Å². The van der Waals surface area contributed by atoms with Crippen LogP contribution in [0.3, 0.4) is 0 Å². The summed E-state index contributed by atoms with van der Waals surface area (Å²) in [4.78, 5) is 208. The van der Waals surface area contributed by atoms with Crippen LogP contribution in [0.4, 0.5) is 17.6 Å². The van der Waals surface area contributed by atoms with Crippen LogP contribution >= 0.6 is 40.3 Å². The van der Waals surface area contributed by atoms with E-state index < -0.39 is 229 Å². The van der Waals surface area contributed by atoms with Crippen molar-refractivity contribution < 1.29 is 112 Å². The Kier molecular flexibility index (Phi) is 29.1. The second kappa shape index (κ2) is 38.2. The summed E-state index contributed by atoms with van der Waals surface area (Å²) in [5, 5.41) is 0. The molecule has 8 aromatic rings. The molecule has 684 valence electrons. The predicted octanol–water partition coefficient (Wildman–Crippen LogP) is 0.324. The van der Waals surface area contributed by atoms with Gasteiger partial charge >= 0.3 is 63.1 Å². The van der Waals surface area contributed by atoms with Crippen molar-refractivity contribution in [2.75, 3.05) is 57.3 Å². The lowest BCUT2D eigenvalue weighted by Gasteiger charge is -2.28. The van der Waals surface area contributed by atoms with E-state index in [1.807, 2.05) is 0 Å². The van der Waals surface area contributed by atoms with Gasteiger partial charge in [-0.15, -0.1) is 0 Å². The summed E-state index contributed by atoms with van der Waals surface area (Å²) in [5.74, 6) is -0.320. The van der Waals surface area contributed by atoms with Gasteiger partial charge in [0.25, 0.3) is 22.2 Å². The Labute approximate surface area is 732 Å². The molecule has 16 N–H and O–H groups in total. The van der Waals surface area contributed by atoms with Gasteiger partial charge in [-0.25, -0.2) is 39.1 Å². The molecule has 14 heterocycles. The summed E-state index contributed by atoms with van der Waals surface area (Å²) in [6, 6.07) is 0. The molecule has 12 unspecified atom stereocenters. The molecule has 63 heteroatoms. The SMILES string of the molecule is CC[C@H]1O[C@@H](n2cc(C)c(=O)[nH]c2=O)CC1OP(O)(=S)OC[C@H]1O[C@@H](n2cnc3c(=O)[nH]c(N)nc32)CC1OP(O)(=S)OC[C@H]1O[C@@H](n2cc(C)c(=O)[nH]c2=O)CC1OP(O)(=S)OC[C@H]1O[C@@H](n2cnc3c(N)ncnc32)CC1OP(O)(=S)OC[C@H]1O[C@@H](n2cc(C)c(=O)[nH]c2=O)CC1OP(O)(=S)OC[C@H]1O[C@@H](n2cc(C)c(N)nc2=O)CC1OP(O)(=S)OC. The molecule has 125 heavy (non-hydrogen) atoms. The quantitative estimate of drug-likeness (QED) is 0.0238. The standard InChI is InChI=1S/C62H83N19O32P6S6/c1-7-30-31(8-42(102-30)77-15-27(3)54(82)73-60(77)87)109-115(91,121)97-22-41-36(13-47(107-41)81-25-69-49-53(81)71-58(65)72-57(49)85)113-119(95,125)100-20-39-34(11-45(105-39)79-17-29(5)56(84)75-62(79)89)111-117(93,123)101-21-40-35(12-46(106-40)80-24-68-48-51(64)66-23-67-52(48)80)112-118(94,124)99-19-38-33(10-44(104-38)78-16-28(4)55(83)74-61(78)88)110-116(92,122)98-18-37-32(108-114(90,120)96-6)9-43(103-37)76-14-26(2)50(63)70-59(76)86/h14-17,23-25,30-47H,7-13,18-22H2,1-6H3,(H,90,120)(H,91,121)(H,92,122)(H,93,123)(H,94,124)(H,95,125)(H2,63,70,86)(H2,64,66,67)(H,73,82,87)(H,74,83,88)(H,75,84,89)(H3,65,71,72,85)/t30-,31?,32?,33?,34?,35?,36?,37-,38-,39-,40-,41-,42-,43-,44-,45-,46-,47-,114?,115?,116?,117?,118?,119?/m1/s1. The van der Waals surface area contributed by atoms with Crippen molar-refractivity contribution in [3.63, 3.8) is 0 Å². The zero-order chi connectivity index (χ0) is 90.1. The van der Waals surface area contributed by atoms with Crippen molar-refractivity contribution in [2.45, 2.75) is 190 Å². The van der Waals surface area contributed by atoms with E-state index in [1.165, 1.54) is 78.2 Å². The zero-order valence-corrected chi connectivity index (χ0v) is 76.2. The molecule has 6 fully saturated rings. The van der Waals surface area contributed by atoms with E-state index in [0.29, 0.717) is 12.0 Å². The fourth-order valence-electron chi connectivity index (χ4n) is 14.5. The number of hydrogen-bond acceptors (Lipinski definition) is 41. The normalized spacial score (nSPS) is 29.4. The van der Waals surface area contributed by atoms with E-state index in [9.17, 15) is 67.7 Å². The molecule has 6 saturated heterocycles. The van der Waals surface area contributed by atoms with Crippen LogP contribution in [0.15, 0.2) is 82.1 Å². The minimum atomic E-state index is -4.69. The van der Waals surface area contributed by atoms with Crippen LogP contribution in [-0.4, -0.2) is 220 Å². The Bertz CT molecular complexity index is 6260. The van der Waals surface area contributed by atoms with Crippen molar-refractivity contribution in [3.05, 3.63) is 149 Å². The fraction of sp³-hybridized carbons (Fsp3) is 0.581. The second-order valence-corrected chi connectivity index (χ2v) is 46.1. The number of nitrogen functional groups attached to an aromatic ring is 3. The van der Waals surface area contributed by atoms with E-state index in [2.05, 4.69) is 49.8 Å². The maximum atomic E-state index is 13.5. The molecule has 0 spiro atoms. The molecule has 6 aliphatic rings. The van der Waals surface area contributed by atoms with Crippen LogP contribution in [0.1, 0.15) is 111 Å². The van der Waals surface area contributed by atoms with E-state index in [0.717, 1.165) is 20.8 Å². The van der Waals surface area contributed by atoms with Crippen molar-refractivity contribution in [1.29, 1.82) is 0 Å². The molecule has 0 radical (unpaired) electrons. The molecule has 6 aliphatic heterocycles. The number of fused-ring (bicyclic) bond motifs is 2. The number of rotatable bonds is 35. The molecule has 0 saturated carbocycles. The molecule has 8 aromatic heterocycles. The number of nitrogens with one attached hydrogen (secondary N) is 4. The van der Waals surface area contributed by atoms with E-state index in [4.69, 9.17) is 171 Å². The van der Waals surface area contributed by atoms with Crippen molar-refractivity contribution in [2.24, 2.45) is 0 Å². The molecule has 0 aromatic carbocycles. The highest BCUT2D eigenvalue weighted by Gasteiger charge is 2.50. The number of aromatic nitrogens is 16. The maximum Gasteiger partial charge on any atom is 0.351 e. The molecule has 51 nitrogen and oxygen atoms in total. The molecule has 14 rings (SSSR count). The van der Waals surface area contributed by atoms with Crippen LogP contribution < -0.4 is 62.2 Å². The van der Waals surface area contributed by atoms with Gasteiger partial charge in [0.2, 0.25) is 5.95 Å². The predicted molar refractivity (Wildman–Crippen MR) is 455 cm³/mol. The number of H-pyrrole nitrogens is 4. The van der Waals surface area contributed by atoms with Crippen molar-refractivity contribution in [1.82, 2.24) is 77.2 Å². The summed E-state index contributed by atoms with van der Waals surface area (Å²) in [6.07, 6.45) is -14.5. The molecular formula is C62H83N19O32P6S6. The first kappa shape index (κ1) is 95.3. The van der Waals surface area contributed by atoms with Crippen molar-refractivity contribution >= 4 is 151 Å². The third kappa shape index (κ3) is 22.3. The fourth-order valence-corrected chi connectivity index (χ4v) is 22.8. The molecule has 0 bridgehead atoms. The first-order valence-electron chi connectivity index (χ1n) is 37.6. The summed E-state index contributed by atoms with van der Waals surface area (Å²) in [6.45, 7) is -22.6. The minimum Gasteiger partial charge on any atom is -0.383 e. The maximum absolute atomic E-state index is 13.5. The molecule has 0 aliphatic carbocycles. The highest BCUT2D eigenvalue weighted by Crippen LogP contribution is 2.58. The largest absolute Gasteiger partial charge is 0.383 e. The summed E-state index contributed by atoms with van der Waals surface area (Å²) < 4.78 is 116. The average molecular weight is 1980 g/mol. The van der Waals surface area contributed by atoms with Gasteiger partial charge in [-0.05, 0) is 105 Å². The number of nitrogens with zero attached hydrogens (tertiary/aromatic N) is 12. The Balaban J connectivity index is 0.675. The third-order valence-corrected chi connectivity index (χ3v) is 30.3. The van der Waals surface area contributed by atoms with Gasteiger partial charge in [0, 0.05) is 92.7 Å². The van der Waals surface area contributed by atoms with Crippen LogP contribution in [-0.2, 0) is 154 Å². The Morgan fingerprint density at radius 1 is 0.392 bits per heavy atom. The van der Waals surface area contributed by atoms with Gasteiger partial charge in [-0.2, -0.15) is 9.97 Å². The Morgan fingerprint density at radius 3 is 1.06 bits per heavy atom. The van der Waals surface area contributed by atoms with Gasteiger partial charge in [0.05, 0.1) is 88.4 Å². The highest BCUT2D eigenvalue weighted by molar-refractivity contribution is 8.08. The number of anilines is 3. The van der Waals surface area contributed by atoms with Crippen molar-refractivity contribution in [3.8, 4) is 0 Å². The van der Waals surface area contributed by atoms with Gasteiger partial charge in [0.1, 0.15) is 85.5 Å². The molecule has 0 amide bonds. The summed E-state index contributed by atoms with van der Waals surface area (Å²) in [5.41, 5.74) is 12.8. The number of hydrogen-bond donors (Lipinski definition) is 13. The number of nitrogens with two attached hydrogens (primary N) is 3. The lowest BCUT2D eigenvalue weighted by molar-refractivity contribution is -0.0569. The smallest absolute Gasteiger partial charge is 0.351 e. The molecule has 24 atom stereocenters. The lowest BCUT2D eigenvalue weighted by atomic mass is 10.1. The first-order chi connectivity index (χ1) is 58.8.